The van der Waals surface area contributed by atoms with Crippen LogP contribution in [0.4, 0.5) is 4.48 Å². The monoisotopic (exact) mass is 150 g/mol. The van der Waals surface area contributed by atoms with Gasteiger partial charge in [0.15, 0.2) is 0 Å². The molecule has 0 aromatic rings. The fourth-order valence-electron chi connectivity index (χ4n) is 0.374. The standard InChI is InChI=1S/C4H7FN2O3/c5-7-2(4(9)10)1-3(6)8/h2,7H,1H2,(H2,6,8)(H,9,10). The van der Waals surface area contributed by atoms with Crippen LogP contribution in [0.25, 0.3) is 0 Å². The third-order valence-electron chi connectivity index (χ3n) is 0.835. The molecule has 1 unspecified atom stereocenters. The molecule has 0 saturated carbocycles. The van der Waals surface area contributed by atoms with Crippen LogP contribution in [-0.2, 0) is 9.59 Å². The van der Waals surface area contributed by atoms with E-state index >= 15 is 0 Å². The van der Waals surface area contributed by atoms with Crippen molar-refractivity contribution in [1.29, 1.82) is 0 Å². The molecule has 0 saturated heterocycles. The maximum Gasteiger partial charge on any atom is 0.323 e. The van der Waals surface area contributed by atoms with Crippen LogP contribution in [0.2, 0.25) is 0 Å². The normalized spacial score (nSPS) is 12.5. The second kappa shape index (κ2) is 3.78. The van der Waals surface area contributed by atoms with Crippen molar-refractivity contribution in [2.45, 2.75) is 12.5 Å². The van der Waals surface area contributed by atoms with Crippen molar-refractivity contribution >= 4 is 11.9 Å². The summed E-state index contributed by atoms with van der Waals surface area (Å²) in [4.78, 5) is 20.0. The second-order valence-electron chi connectivity index (χ2n) is 1.67. The van der Waals surface area contributed by atoms with E-state index in [2.05, 4.69) is 5.73 Å². The van der Waals surface area contributed by atoms with Crippen molar-refractivity contribution in [1.82, 2.24) is 5.54 Å². The van der Waals surface area contributed by atoms with E-state index in [1.54, 1.807) is 0 Å². The third kappa shape index (κ3) is 2.98. The van der Waals surface area contributed by atoms with Crippen molar-refractivity contribution in [3.63, 3.8) is 0 Å². The lowest BCUT2D eigenvalue weighted by Gasteiger charge is -2.03. The lowest BCUT2D eigenvalue weighted by molar-refractivity contribution is -0.142. The number of hydrogen-bond donors (Lipinski definition) is 3. The molecule has 4 N–H and O–H groups in total. The maximum absolute atomic E-state index is 11.4. The predicted molar refractivity (Wildman–Crippen MR) is 29.5 cm³/mol. The summed E-state index contributed by atoms with van der Waals surface area (Å²) in [5.41, 5.74) is 5.53. The number of carboxylic acids is 1. The molecule has 1 amide bonds. The Morgan fingerprint density at radius 2 is 2.20 bits per heavy atom. The highest BCUT2D eigenvalue weighted by Gasteiger charge is 2.18. The Hall–Kier alpha value is -1.17. The summed E-state index contributed by atoms with van der Waals surface area (Å²) in [6.07, 6.45) is -0.550. The van der Waals surface area contributed by atoms with Crippen molar-refractivity contribution in [2.24, 2.45) is 5.73 Å². The highest BCUT2D eigenvalue weighted by Crippen LogP contribution is 1.90. The van der Waals surface area contributed by atoms with Gasteiger partial charge in [0.2, 0.25) is 5.91 Å². The zero-order valence-electron chi connectivity index (χ0n) is 5.00. The van der Waals surface area contributed by atoms with Gasteiger partial charge in [-0.1, -0.05) is 0 Å². The van der Waals surface area contributed by atoms with E-state index in [1.165, 1.54) is 0 Å². The zero-order chi connectivity index (χ0) is 8.15. The van der Waals surface area contributed by atoms with Crippen LogP contribution in [0.1, 0.15) is 6.42 Å². The van der Waals surface area contributed by atoms with Crippen LogP contribution in [0.5, 0.6) is 0 Å². The van der Waals surface area contributed by atoms with Gasteiger partial charge in [-0.15, -0.1) is 10.0 Å². The number of primary amides is 1. The van der Waals surface area contributed by atoms with Crippen LogP contribution in [-0.4, -0.2) is 23.0 Å². The molecular formula is C4H7FN2O3. The van der Waals surface area contributed by atoms with E-state index in [1.807, 2.05) is 0 Å². The summed E-state index contributed by atoms with van der Waals surface area (Å²) in [6, 6.07) is -1.53. The topological polar surface area (TPSA) is 92.4 Å². The SMILES string of the molecule is NC(=O)CC(NF)C(=O)O. The molecule has 58 valence electrons. The minimum absolute atomic E-state index is 0.550. The zero-order valence-corrected chi connectivity index (χ0v) is 5.00. The van der Waals surface area contributed by atoms with Gasteiger partial charge < -0.3 is 10.8 Å². The molecule has 0 fully saturated rings. The summed E-state index contributed by atoms with van der Waals surface area (Å²) in [7, 11) is 0. The Morgan fingerprint density at radius 3 is 2.30 bits per heavy atom. The van der Waals surface area contributed by atoms with Crippen LogP contribution >= 0.6 is 0 Å². The molecule has 10 heavy (non-hydrogen) atoms. The molecule has 0 spiro atoms. The number of amides is 1. The Labute approximate surface area is 55.9 Å². The van der Waals surface area contributed by atoms with Gasteiger partial charge in [0.05, 0.1) is 6.42 Å². The lowest BCUT2D eigenvalue weighted by atomic mass is 10.2. The maximum atomic E-state index is 11.4. The molecule has 6 heteroatoms. The van der Waals surface area contributed by atoms with E-state index in [0.717, 1.165) is 5.54 Å². The van der Waals surface area contributed by atoms with E-state index < -0.39 is 24.3 Å². The first-order valence-electron chi connectivity index (χ1n) is 2.45. The minimum Gasteiger partial charge on any atom is -0.480 e. The molecule has 0 aliphatic carbocycles. The lowest BCUT2D eigenvalue weighted by Crippen LogP contribution is -2.35. The fraction of sp³-hybridized carbons (Fsp3) is 0.500. The van der Waals surface area contributed by atoms with E-state index in [9.17, 15) is 14.1 Å². The molecular weight excluding hydrogens is 143 g/mol. The number of nitrogens with one attached hydrogen (secondary N) is 1. The summed E-state index contributed by atoms with van der Waals surface area (Å²) >= 11 is 0. The number of nitrogens with two attached hydrogens (primary N) is 1. The Bertz CT molecular complexity index is 149. The molecule has 0 aromatic heterocycles. The van der Waals surface area contributed by atoms with Gasteiger partial charge in [-0.25, -0.2) is 0 Å². The van der Waals surface area contributed by atoms with E-state index in [0.29, 0.717) is 0 Å². The number of carbonyl (C=O) groups is 2. The first kappa shape index (κ1) is 8.83. The van der Waals surface area contributed by atoms with Gasteiger partial charge in [0.1, 0.15) is 6.04 Å². The second-order valence-corrected chi connectivity index (χ2v) is 1.67. The molecule has 0 bridgehead atoms. The van der Waals surface area contributed by atoms with Gasteiger partial charge in [-0.3, -0.25) is 9.59 Å². The van der Waals surface area contributed by atoms with Crippen LogP contribution in [0.3, 0.4) is 0 Å². The van der Waals surface area contributed by atoms with Gasteiger partial charge >= 0.3 is 5.97 Å². The van der Waals surface area contributed by atoms with Crippen LogP contribution in [0, 0.1) is 0 Å². The molecule has 0 aliphatic heterocycles. The molecule has 1 atom stereocenters. The van der Waals surface area contributed by atoms with Crippen molar-refractivity contribution in [3.8, 4) is 0 Å². The number of aliphatic carboxylic acids is 1. The minimum atomic E-state index is -1.53. The number of carbonyl (C=O) groups excluding carboxylic acids is 1. The van der Waals surface area contributed by atoms with Gasteiger partial charge in [0.25, 0.3) is 0 Å². The molecule has 0 aromatic carbocycles. The Balaban J connectivity index is 3.83. The quantitative estimate of drug-likeness (QED) is 0.438. The van der Waals surface area contributed by atoms with Gasteiger partial charge in [0, 0.05) is 0 Å². The average molecular weight is 150 g/mol. The largest absolute Gasteiger partial charge is 0.480 e. The number of hydrogen-bond acceptors (Lipinski definition) is 3. The molecule has 0 aliphatic rings. The van der Waals surface area contributed by atoms with Crippen LogP contribution < -0.4 is 11.3 Å². The molecule has 0 heterocycles. The van der Waals surface area contributed by atoms with Crippen molar-refractivity contribution in [3.05, 3.63) is 0 Å². The number of rotatable bonds is 4. The first-order chi connectivity index (χ1) is 4.57. The molecule has 0 rings (SSSR count). The smallest absolute Gasteiger partial charge is 0.323 e. The molecule has 0 radical (unpaired) electrons. The summed E-state index contributed by atoms with van der Waals surface area (Å²) in [6.45, 7) is 0. The predicted octanol–water partition coefficient (Wildman–Crippen LogP) is -1.21. The van der Waals surface area contributed by atoms with Crippen molar-refractivity contribution < 1.29 is 19.2 Å². The number of carboxylic acid groups (broad SMARTS) is 1. The fourth-order valence-corrected chi connectivity index (χ4v) is 0.374. The Kier molecular flexibility index (Phi) is 3.34. The van der Waals surface area contributed by atoms with Crippen LogP contribution in [0.15, 0.2) is 0 Å². The van der Waals surface area contributed by atoms with Gasteiger partial charge in [-0.2, -0.15) is 0 Å². The summed E-state index contributed by atoms with van der Waals surface area (Å²) in [5, 5.41) is 8.11. The van der Waals surface area contributed by atoms with E-state index in [-0.39, 0.29) is 0 Å². The highest BCUT2D eigenvalue weighted by molar-refractivity contribution is 5.83. The van der Waals surface area contributed by atoms with Crippen molar-refractivity contribution in [2.75, 3.05) is 0 Å². The van der Waals surface area contributed by atoms with Gasteiger partial charge in [-0.05, 0) is 0 Å². The summed E-state index contributed by atoms with van der Waals surface area (Å²) in [5.74, 6) is -2.31. The third-order valence-corrected chi connectivity index (χ3v) is 0.835. The number of halogens is 1. The summed E-state index contributed by atoms with van der Waals surface area (Å²) < 4.78 is 11.4. The Morgan fingerprint density at radius 1 is 1.70 bits per heavy atom. The first-order valence-corrected chi connectivity index (χ1v) is 2.45. The highest BCUT2D eigenvalue weighted by atomic mass is 19.2. The van der Waals surface area contributed by atoms with E-state index in [4.69, 9.17) is 5.11 Å². The average Bonchev–Trinajstić information content (AvgIpc) is 1.81. The molecule has 5 nitrogen and oxygen atoms in total.